The lowest BCUT2D eigenvalue weighted by atomic mass is 9.68. The molecule has 324 valence electrons. The molecule has 2 nitrogen and oxygen atoms in total. The van der Waals surface area contributed by atoms with Crippen molar-refractivity contribution in [2.24, 2.45) is 11.8 Å². The van der Waals surface area contributed by atoms with Crippen LogP contribution >= 0.6 is 0 Å². The Balaban J connectivity index is 0.994. The minimum absolute atomic E-state index is 0.167. The van der Waals surface area contributed by atoms with Crippen LogP contribution < -0.4 is 9.80 Å². The SMILES string of the molecule is c1ccc(-c2ccc(-c3c(N(c4ccccc4)c4cccc5c4C46c7c(cccc7N(c7ccccc7)c7ccc8c(c7)Cc7ccccc7-8)CC4CCC6C5)ccc4ccccc34)cc2)cc1. The summed E-state index contributed by atoms with van der Waals surface area (Å²) in [5, 5.41) is 2.50. The zero-order valence-electron chi connectivity index (χ0n) is 38.0. The summed E-state index contributed by atoms with van der Waals surface area (Å²) in [5.41, 5.74) is 23.8. The first-order valence-electron chi connectivity index (χ1n) is 24.6. The molecule has 0 aliphatic heterocycles. The van der Waals surface area contributed by atoms with E-state index in [9.17, 15) is 0 Å². The molecule has 4 aliphatic rings. The lowest BCUT2D eigenvalue weighted by molar-refractivity contribution is 0.350. The average molecular weight is 871 g/mol. The van der Waals surface area contributed by atoms with Gasteiger partial charge in [-0.1, -0.05) is 176 Å². The number of hydrogen-bond donors (Lipinski definition) is 0. The highest BCUT2D eigenvalue weighted by Gasteiger charge is 2.62. The van der Waals surface area contributed by atoms with E-state index in [0.717, 1.165) is 19.3 Å². The van der Waals surface area contributed by atoms with Crippen molar-refractivity contribution in [3.8, 4) is 33.4 Å². The standard InChI is InChI=1S/C66H50N2/c1-4-16-44(17-5-1)45-30-32-47(33-31-45)63-59-27-13-10-18-46(59)34-39-60(63)68(55-24-8-3-9-25-55)62-29-15-21-50-42-53-36-35-52-41-49-20-14-28-61(64(49)66(52,53)65(50)62)67(54-22-6-2-7-23-54)56-37-38-58-51(43-56)40-48-19-11-12-26-57(48)58/h1-34,37-39,43,52-53H,35-36,40-42H2. The van der Waals surface area contributed by atoms with Crippen molar-refractivity contribution in [2.75, 3.05) is 9.80 Å². The molecule has 1 saturated carbocycles. The van der Waals surface area contributed by atoms with Crippen LogP contribution in [0.15, 0.2) is 231 Å². The number of anilines is 6. The van der Waals surface area contributed by atoms with Gasteiger partial charge in [-0.2, -0.15) is 0 Å². The Labute approximate surface area is 399 Å². The number of para-hydroxylation sites is 2. The van der Waals surface area contributed by atoms with Gasteiger partial charge in [0, 0.05) is 28.0 Å². The topological polar surface area (TPSA) is 6.48 Å². The molecule has 4 aliphatic carbocycles. The maximum Gasteiger partial charge on any atom is 0.0546 e. The summed E-state index contributed by atoms with van der Waals surface area (Å²) in [5.74, 6) is 0.995. The normalized spacial score (nSPS) is 18.1. The van der Waals surface area contributed by atoms with Gasteiger partial charge in [0.15, 0.2) is 0 Å². The minimum atomic E-state index is -0.167. The van der Waals surface area contributed by atoms with Crippen LogP contribution in [0.3, 0.4) is 0 Å². The molecular formula is C66H50N2. The van der Waals surface area contributed by atoms with E-state index < -0.39 is 0 Å². The first-order valence-corrected chi connectivity index (χ1v) is 24.6. The van der Waals surface area contributed by atoms with Crippen LogP contribution in [0.25, 0.3) is 44.2 Å². The number of benzene rings is 10. The zero-order valence-corrected chi connectivity index (χ0v) is 38.0. The molecule has 0 N–H and O–H groups in total. The van der Waals surface area contributed by atoms with Gasteiger partial charge in [-0.25, -0.2) is 0 Å². The van der Waals surface area contributed by atoms with Crippen LogP contribution in [0.2, 0.25) is 0 Å². The second-order valence-electron chi connectivity index (χ2n) is 19.5. The van der Waals surface area contributed by atoms with Crippen molar-refractivity contribution in [1.82, 2.24) is 0 Å². The Morgan fingerprint density at radius 2 is 0.897 bits per heavy atom. The fourth-order valence-corrected chi connectivity index (χ4v) is 13.5. The van der Waals surface area contributed by atoms with Gasteiger partial charge in [0.05, 0.1) is 17.1 Å². The Morgan fingerprint density at radius 1 is 0.353 bits per heavy atom. The smallest absolute Gasteiger partial charge is 0.0546 e. The fourth-order valence-electron chi connectivity index (χ4n) is 13.5. The van der Waals surface area contributed by atoms with E-state index in [4.69, 9.17) is 0 Å². The Hall–Kier alpha value is -7.94. The van der Waals surface area contributed by atoms with Gasteiger partial charge in [-0.05, 0) is 171 Å². The molecule has 0 heterocycles. The molecule has 68 heavy (non-hydrogen) atoms. The highest BCUT2D eigenvalue weighted by molar-refractivity contribution is 6.06. The van der Waals surface area contributed by atoms with Gasteiger partial charge >= 0.3 is 0 Å². The summed E-state index contributed by atoms with van der Waals surface area (Å²) in [6.45, 7) is 0. The minimum Gasteiger partial charge on any atom is -0.310 e. The third kappa shape index (κ3) is 5.90. The Morgan fingerprint density at radius 3 is 1.60 bits per heavy atom. The van der Waals surface area contributed by atoms with E-state index in [1.54, 1.807) is 0 Å². The van der Waals surface area contributed by atoms with Crippen molar-refractivity contribution in [2.45, 2.75) is 37.5 Å². The lowest BCUT2D eigenvalue weighted by Crippen LogP contribution is -2.34. The monoisotopic (exact) mass is 870 g/mol. The summed E-state index contributed by atoms with van der Waals surface area (Å²) in [7, 11) is 0. The fraction of sp³-hybridized carbons (Fsp3) is 0.121. The largest absolute Gasteiger partial charge is 0.310 e. The molecule has 10 aromatic rings. The number of rotatable bonds is 8. The zero-order chi connectivity index (χ0) is 44.8. The highest BCUT2D eigenvalue weighted by atomic mass is 15.2. The van der Waals surface area contributed by atoms with E-state index in [2.05, 4.69) is 240 Å². The second-order valence-corrected chi connectivity index (χ2v) is 19.5. The molecule has 1 fully saturated rings. The molecule has 0 radical (unpaired) electrons. The Kier molecular flexibility index (Phi) is 8.99. The molecule has 0 saturated heterocycles. The van der Waals surface area contributed by atoms with Gasteiger partial charge < -0.3 is 9.80 Å². The molecule has 14 rings (SSSR count). The van der Waals surface area contributed by atoms with Gasteiger partial charge in [0.25, 0.3) is 0 Å². The van der Waals surface area contributed by atoms with Gasteiger partial charge in [0.2, 0.25) is 0 Å². The molecule has 0 amide bonds. The molecule has 3 atom stereocenters. The quantitative estimate of drug-likeness (QED) is 0.150. The molecule has 0 bridgehead atoms. The van der Waals surface area contributed by atoms with Crippen LogP contribution in [-0.2, 0) is 24.7 Å². The van der Waals surface area contributed by atoms with Crippen LogP contribution in [0, 0.1) is 11.8 Å². The molecule has 0 aromatic heterocycles. The molecular weight excluding hydrogens is 821 g/mol. The summed E-state index contributed by atoms with van der Waals surface area (Å²) >= 11 is 0. The van der Waals surface area contributed by atoms with Crippen LogP contribution in [0.5, 0.6) is 0 Å². The maximum atomic E-state index is 2.63. The maximum absolute atomic E-state index is 2.63. The molecule has 10 aromatic carbocycles. The molecule has 3 unspecified atom stereocenters. The van der Waals surface area contributed by atoms with Crippen molar-refractivity contribution in [3.05, 3.63) is 264 Å². The van der Waals surface area contributed by atoms with Crippen LogP contribution in [-0.4, -0.2) is 0 Å². The first-order chi connectivity index (χ1) is 33.7. The summed E-state index contributed by atoms with van der Waals surface area (Å²) in [4.78, 5) is 5.23. The van der Waals surface area contributed by atoms with Crippen molar-refractivity contribution in [3.63, 3.8) is 0 Å². The molecule has 1 spiro atoms. The first kappa shape index (κ1) is 39.2. The summed E-state index contributed by atoms with van der Waals surface area (Å²) < 4.78 is 0. The van der Waals surface area contributed by atoms with E-state index in [-0.39, 0.29) is 5.41 Å². The average Bonchev–Trinajstić information content (AvgIpc) is 4.14. The predicted octanol–water partition coefficient (Wildman–Crippen LogP) is 17.1. The van der Waals surface area contributed by atoms with Crippen LogP contribution in [0.4, 0.5) is 34.1 Å². The van der Waals surface area contributed by atoms with E-state index >= 15 is 0 Å². The van der Waals surface area contributed by atoms with Crippen LogP contribution in [0.1, 0.15) is 46.2 Å². The van der Waals surface area contributed by atoms with E-state index in [1.165, 1.54) is 124 Å². The van der Waals surface area contributed by atoms with E-state index in [1.807, 2.05) is 0 Å². The van der Waals surface area contributed by atoms with Gasteiger partial charge in [-0.15, -0.1) is 0 Å². The van der Waals surface area contributed by atoms with Gasteiger partial charge in [0.1, 0.15) is 0 Å². The number of hydrogen-bond acceptors (Lipinski definition) is 2. The summed E-state index contributed by atoms with van der Waals surface area (Å²) in [6, 6.07) is 86.7. The van der Waals surface area contributed by atoms with Crippen molar-refractivity contribution in [1.29, 1.82) is 0 Å². The number of fused-ring (bicyclic) bond motifs is 6. The third-order valence-electron chi connectivity index (χ3n) is 16.1. The predicted molar refractivity (Wildman–Crippen MR) is 283 cm³/mol. The lowest BCUT2D eigenvalue weighted by Gasteiger charge is -2.40. The Bertz CT molecular complexity index is 3550. The second kappa shape index (κ2) is 15.6. The highest BCUT2D eigenvalue weighted by Crippen LogP contribution is 2.69. The van der Waals surface area contributed by atoms with Crippen molar-refractivity contribution < 1.29 is 0 Å². The number of nitrogens with zero attached hydrogens (tertiary/aromatic N) is 2. The van der Waals surface area contributed by atoms with Gasteiger partial charge in [-0.3, -0.25) is 0 Å². The van der Waals surface area contributed by atoms with E-state index in [0.29, 0.717) is 11.8 Å². The third-order valence-corrected chi connectivity index (χ3v) is 16.1. The molecule has 2 heteroatoms. The van der Waals surface area contributed by atoms with Crippen molar-refractivity contribution >= 4 is 44.9 Å². The summed E-state index contributed by atoms with van der Waals surface area (Å²) in [6.07, 6.45) is 5.60.